The number of hydrogen-bond donors (Lipinski definition) is 1. The summed E-state index contributed by atoms with van der Waals surface area (Å²) in [6, 6.07) is 4.37. The van der Waals surface area contributed by atoms with Gasteiger partial charge in [-0.05, 0) is 42.9 Å². The van der Waals surface area contributed by atoms with E-state index in [0.717, 1.165) is 5.92 Å². The van der Waals surface area contributed by atoms with Gasteiger partial charge in [-0.15, -0.1) is 11.3 Å². The Balaban J connectivity index is 2.15. The average molecular weight is 207 g/mol. The fourth-order valence-corrected chi connectivity index (χ4v) is 2.80. The third-order valence-corrected chi connectivity index (χ3v) is 4.04. The summed E-state index contributed by atoms with van der Waals surface area (Å²) in [5, 5.41) is 0. The highest BCUT2D eigenvalue weighted by molar-refractivity contribution is 7.13. The van der Waals surface area contributed by atoms with E-state index in [0.29, 0.717) is 6.54 Å². The van der Waals surface area contributed by atoms with Gasteiger partial charge in [-0.3, -0.25) is 0 Å². The van der Waals surface area contributed by atoms with Gasteiger partial charge in [0, 0.05) is 16.3 Å². The van der Waals surface area contributed by atoms with E-state index in [-0.39, 0.29) is 0 Å². The van der Waals surface area contributed by atoms with E-state index in [4.69, 9.17) is 5.73 Å². The number of allylic oxidation sites excluding steroid dienone is 2. The van der Waals surface area contributed by atoms with Gasteiger partial charge in [0.1, 0.15) is 0 Å². The van der Waals surface area contributed by atoms with Crippen LogP contribution in [0.2, 0.25) is 0 Å². The summed E-state index contributed by atoms with van der Waals surface area (Å²) in [4.78, 5) is 2.72. The molecular formula is C12H17NS. The molecule has 1 atom stereocenters. The molecule has 1 aliphatic rings. The molecule has 76 valence electrons. The molecule has 0 radical (unpaired) electrons. The number of hydrogen-bond acceptors (Lipinski definition) is 2. The Labute approximate surface area is 89.6 Å². The Morgan fingerprint density at radius 1 is 1.50 bits per heavy atom. The van der Waals surface area contributed by atoms with E-state index in [9.17, 15) is 0 Å². The first-order valence-electron chi connectivity index (χ1n) is 5.28. The molecule has 1 nitrogen and oxygen atoms in total. The maximum Gasteiger partial charge on any atom is 0.0302 e. The highest BCUT2D eigenvalue weighted by Crippen LogP contribution is 2.33. The van der Waals surface area contributed by atoms with Crippen molar-refractivity contribution in [1.82, 2.24) is 0 Å². The number of thiophene rings is 1. The Morgan fingerprint density at radius 3 is 2.93 bits per heavy atom. The van der Waals surface area contributed by atoms with Gasteiger partial charge in [-0.2, -0.15) is 0 Å². The maximum absolute atomic E-state index is 5.61. The highest BCUT2D eigenvalue weighted by Gasteiger charge is 2.12. The van der Waals surface area contributed by atoms with Crippen LogP contribution in [0.4, 0.5) is 0 Å². The van der Waals surface area contributed by atoms with Crippen LogP contribution in [0, 0.1) is 5.92 Å². The van der Waals surface area contributed by atoms with E-state index in [1.165, 1.54) is 34.6 Å². The lowest BCUT2D eigenvalue weighted by Gasteiger charge is -2.17. The Bertz CT molecular complexity index is 338. The van der Waals surface area contributed by atoms with Crippen LogP contribution in [0.5, 0.6) is 0 Å². The smallest absolute Gasteiger partial charge is 0.0302 e. The summed E-state index contributed by atoms with van der Waals surface area (Å²) in [5.41, 5.74) is 7.14. The minimum absolute atomic E-state index is 0.675. The molecule has 0 aromatic carbocycles. The summed E-state index contributed by atoms with van der Waals surface area (Å²) in [5.74, 6) is 0.868. The molecule has 0 aliphatic heterocycles. The molecular weight excluding hydrogens is 190 g/mol. The predicted molar refractivity (Wildman–Crippen MR) is 63.2 cm³/mol. The van der Waals surface area contributed by atoms with Crippen LogP contribution in [0.25, 0.3) is 5.57 Å². The highest BCUT2D eigenvalue weighted by atomic mass is 32.1. The van der Waals surface area contributed by atoms with Gasteiger partial charge in [0.15, 0.2) is 0 Å². The van der Waals surface area contributed by atoms with Crippen molar-refractivity contribution in [3.05, 3.63) is 28.0 Å². The molecule has 2 rings (SSSR count). The predicted octanol–water partition coefficient (Wildman–Crippen LogP) is 3.41. The summed E-state index contributed by atoms with van der Waals surface area (Å²) < 4.78 is 0. The Morgan fingerprint density at radius 2 is 2.36 bits per heavy atom. The first-order chi connectivity index (χ1) is 6.79. The van der Waals surface area contributed by atoms with Crippen LogP contribution >= 0.6 is 11.3 Å². The van der Waals surface area contributed by atoms with Crippen molar-refractivity contribution in [3.8, 4) is 0 Å². The van der Waals surface area contributed by atoms with Crippen LogP contribution in [0.15, 0.2) is 18.2 Å². The second-order valence-corrected chi connectivity index (χ2v) is 5.25. The number of rotatable bonds is 2. The van der Waals surface area contributed by atoms with Gasteiger partial charge in [0.25, 0.3) is 0 Å². The minimum atomic E-state index is 0.675. The molecule has 0 amide bonds. The zero-order valence-corrected chi connectivity index (χ0v) is 9.44. The first-order valence-corrected chi connectivity index (χ1v) is 6.09. The molecule has 1 aliphatic carbocycles. The summed E-state index contributed by atoms with van der Waals surface area (Å²) in [6.07, 6.45) is 6.22. The quantitative estimate of drug-likeness (QED) is 0.790. The molecule has 0 saturated carbocycles. The van der Waals surface area contributed by atoms with Crippen LogP contribution in [0.1, 0.15) is 35.9 Å². The second-order valence-electron chi connectivity index (χ2n) is 4.08. The van der Waals surface area contributed by atoms with Crippen LogP contribution < -0.4 is 5.73 Å². The second kappa shape index (κ2) is 4.28. The molecule has 0 fully saturated rings. The normalized spacial score (nSPS) is 22.1. The third-order valence-electron chi connectivity index (χ3n) is 2.85. The molecule has 14 heavy (non-hydrogen) atoms. The zero-order chi connectivity index (χ0) is 9.97. The van der Waals surface area contributed by atoms with E-state index in [1.54, 1.807) is 0 Å². The van der Waals surface area contributed by atoms with Gasteiger partial charge in [0.2, 0.25) is 0 Å². The van der Waals surface area contributed by atoms with Crippen molar-refractivity contribution in [2.24, 2.45) is 11.7 Å². The maximum atomic E-state index is 5.61. The molecule has 1 aromatic heterocycles. The standard InChI is InChI=1S/C12H17NS/c1-9-2-4-10(5-3-9)12-7-6-11(8-13)14-12/h4,6-7,9H,2-3,5,8,13H2,1H3. The van der Waals surface area contributed by atoms with Crippen LogP contribution in [-0.4, -0.2) is 0 Å². The van der Waals surface area contributed by atoms with Gasteiger partial charge < -0.3 is 5.73 Å². The SMILES string of the molecule is CC1CC=C(c2ccc(CN)s2)CC1. The van der Waals surface area contributed by atoms with Crippen molar-refractivity contribution in [1.29, 1.82) is 0 Å². The molecule has 0 saturated heterocycles. The Kier molecular flexibility index (Phi) is 3.04. The van der Waals surface area contributed by atoms with Crippen LogP contribution in [-0.2, 0) is 6.54 Å². The van der Waals surface area contributed by atoms with Crippen molar-refractivity contribution in [2.45, 2.75) is 32.7 Å². The van der Waals surface area contributed by atoms with E-state index < -0.39 is 0 Å². The topological polar surface area (TPSA) is 26.0 Å². The van der Waals surface area contributed by atoms with Gasteiger partial charge >= 0.3 is 0 Å². The summed E-state index contributed by atoms with van der Waals surface area (Å²) in [6.45, 7) is 3.00. The molecule has 2 N–H and O–H groups in total. The monoisotopic (exact) mass is 207 g/mol. The molecule has 1 unspecified atom stereocenters. The average Bonchev–Trinajstić information content (AvgIpc) is 2.67. The van der Waals surface area contributed by atoms with E-state index >= 15 is 0 Å². The molecule has 0 bridgehead atoms. The molecule has 1 aromatic rings. The lowest BCUT2D eigenvalue weighted by molar-refractivity contribution is 0.534. The fourth-order valence-electron chi connectivity index (χ4n) is 1.85. The summed E-state index contributed by atoms with van der Waals surface area (Å²) >= 11 is 1.85. The van der Waals surface area contributed by atoms with Crippen molar-refractivity contribution < 1.29 is 0 Å². The lowest BCUT2D eigenvalue weighted by Crippen LogP contribution is -1.99. The number of nitrogens with two attached hydrogens (primary N) is 1. The zero-order valence-electron chi connectivity index (χ0n) is 8.62. The van der Waals surface area contributed by atoms with Crippen molar-refractivity contribution >= 4 is 16.9 Å². The van der Waals surface area contributed by atoms with E-state index in [2.05, 4.69) is 25.1 Å². The molecule has 1 heterocycles. The largest absolute Gasteiger partial charge is 0.326 e. The van der Waals surface area contributed by atoms with Crippen molar-refractivity contribution in [3.63, 3.8) is 0 Å². The lowest BCUT2D eigenvalue weighted by atomic mass is 9.90. The minimum Gasteiger partial charge on any atom is -0.326 e. The van der Waals surface area contributed by atoms with Gasteiger partial charge in [0.05, 0.1) is 0 Å². The van der Waals surface area contributed by atoms with Gasteiger partial charge in [-0.25, -0.2) is 0 Å². The van der Waals surface area contributed by atoms with Gasteiger partial charge in [-0.1, -0.05) is 13.0 Å². The molecule has 0 spiro atoms. The third kappa shape index (κ3) is 2.07. The summed E-state index contributed by atoms with van der Waals surface area (Å²) in [7, 11) is 0. The van der Waals surface area contributed by atoms with Crippen molar-refractivity contribution in [2.75, 3.05) is 0 Å². The first kappa shape index (κ1) is 9.94. The molecule has 2 heteroatoms. The fraction of sp³-hybridized carbons (Fsp3) is 0.500. The van der Waals surface area contributed by atoms with E-state index in [1.807, 2.05) is 11.3 Å². The Hall–Kier alpha value is -0.600. The van der Waals surface area contributed by atoms with Crippen LogP contribution in [0.3, 0.4) is 0 Å².